The molecule has 1 spiro atoms. The van der Waals surface area contributed by atoms with Crippen molar-refractivity contribution in [1.29, 1.82) is 0 Å². The Balaban J connectivity index is 1.61. The van der Waals surface area contributed by atoms with Gasteiger partial charge in [-0.15, -0.1) is 6.58 Å². The van der Waals surface area contributed by atoms with Crippen LogP contribution < -0.4 is 15.6 Å². The molecule has 1 aliphatic carbocycles. The molecular formula is C27H34NO10-. The average Bonchev–Trinajstić information content (AvgIpc) is 3.32. The molecule has 11 heteroatoms. The number of methoxy groups -OCH3 is 1. The highest BCUT2D eigenvalue weighted by Gasteiger charge is 2.57. The molecule has 38 heavy (non-hydrogen) atoms. The summed E-state index contributed by atoms with van der Waals surface area (Å²) >= 11 is 0. The number of aliphatic carboxylic acids is 1. The third-order valence-electron chi connectivity index (χ3n) is 7.49. The van der Waals surface area contributed by atoms with Crippen LogP contribution in [0.25, 0.3) is 12.3 Å². The van der Waals surface area contributed by atoms with Gasteiger partial charge in [0.15, 0.2) is 11.9 Å². The second-order valence-corrected chi connectivity index (χ2v) is 10.1. The number of aliphatic hydroxyl groups excluding tert-OH is 3. The van der Waals surface area contributed by atoms with Crippen LogP contribution in [0.5, 0.6) is 0 Å². The lowest BCUT2D eigenvalue weighted by Gasteiger charge is -2.50. The first-order valence-corrected chi connectivity index (χ1v) is 12.5. The van der Waals surface area contributed by atoms with Gasteiger partial charge in [0.2, 0.25) is 0 Å². The van der Waals surface area contributed by atoms with Gasteiger partial charge in [-0.25, -0.2) is 4.79 Å². The van der Waals surface area contributed by atoms with Crippen LogP contribution >= 0.6 is 0 Å². The monoisotopic (exact) mass is 532 g/mol. The van der Waals surface area contributed by atoms with E-state index in [2.05, 4.69) is 11.6 Å². The van der Waals surface area contributed by atoms with E-state index >= 15 is 0 Å². The molecule has 0 amide bonds. The van der Waals surface area contributed by atoms with Gasteiger partial charge in [0.05, 0.1) is 32.5 Å². The number of esters is 1. The molecule has 4 rings (SSSR count). The van der Waals surface area contributed by atoms with Gasteiger partial charge < -0.3 is 44.4 Å². The van der Waals surface area contributed by atoms with Crippen LogP contribution in [0.3, 0.4) is 0 Å². The number of nitrogens with zero attached hydrogens (tertiary/aromatic N) is 1. The van der Waals surface area contributed by atoms with Gasteiger partial charge in [-0.2, -0.15) is 5.69 Å². The Morgan fingerprint density at radius 1 is 1.34 bits per heavy atom. The number of hydrogen-bond acceptors (Lipinski definition) is 9. The van der Waals surface area contributed by atoms with E-state index in [0.717, 1.165) is 5.69 Å². The summed E-state index contributed by atoms with van der Waals surface area (Å²) < 4.78 is 22.7. The van der Waals surface area contributed by atoms with Crippen LogP contribution in [0.15, 0.2) is 30.4 Å². The number of carboxylic acid groups (broad SMARTS) is 1. The summed E-state index contributed by atoms with van der Waals surface area (Å²) in [4.78, 5) is 28.3. The predicted molar refractivity (Wildman–Crippen MR) is 133 cm³/mol. The van der Waals surface area contributed by atoms with Crippen LogP contribution in [0, 0.1) is 11.8 Å². The van der Waals surface area contributed by atoms with Crippen molar-refractivity contribution < 1.29 is 49.0 Å². The lowest BCUT2D eigenvalue weighted by atomic mass is 9.74. The smallest absolute Gasteiger partial charge is 0.333 e. The van der Waals surface area contributed by atoms with Crippen molar-refractivity contribution in [3.63, 3.8) is 0 Å². The van der Waals surface area contributed by atoms with Crippen molar-refractivity contribution in [2.75, 3.05) is 13.7 Å². The minimum atomic E-state index is -1.60. The lowest BCUT2D eigenvalue weighted by Crippen LogP contribution is -2.68. The number of rotatable bonds is 8. The number of fused-ring (bicyclic) bond motifs is 1. The Hall–Kier alpha value is -2.96. The molecule has 208 valence electrons. The van der Waals surface area contributed by atoms with Gasteiger partial charge in [-0.1, -0.05) is 37.4 Å². The zero-order valence-electron chi connectivity index (χ0n) is 21.5. The maximum Gasteiger partial charge on any atom is 0.333 e. The number of hydrogen-bond donors (Lipinski definition) is 4. The Labute approximate surface area is 219 Å². The minimum Gasteiger partial charge on any atom is -0.658 e. The SMILES string of the molecule is C=C[C@@H]1[C@H](CC(=O)O)C(C(=O)OC)=CC[C@H]1O[C@@H]1O[C@H](CO)[C@]2(C=c3cc(C(C)C)[n-]c3=CO2)[C@H](O)[C@H]1O. The lowest BCUT2D eigenvalue weighted by molar-refractivity contribution is -0.326. The zero-order valence-corrected chi connectivity index (χ0v) is 21.5. The zero-order chi connectivity index (χ0) is 27.8. The second kappa shape index (κ2) is 11.0. The molecule has 1 saturated heterocycles. The van der Waals surface area contributed by atoms with E-state index in [1.165, 1.54) is 19.4 Å². The van der Waals surface area contributed by atoms with Crippen molar-refractivity contribution in [1.82, 2.24) is 4.98 Å². The van der Waals surface area contributed by atoms with Crippen LogP contribution in [0.1, 0.15) is 38.3 Å². The molecule has 4 N–H and O–H groups in total. The first-order chi connectivity index (χ1) is 18.1. The summed E-state index contributed by atoms with van der Waals surface area (Å²) in [6.07, 6.45) is -0.563. The van der Waals surface area contributed by atoms with Crippen LogP contribution in [-0.2, 0) is 28.5 Å². The topological polar surface area (TPSA) is 166 Å². The molecule has 0 unspecified atom stereocenters. The van der Waals surface area contributed by atoms with E-state index in [4.69, 9.17) is 18.9 Å². The van der Waals surface area contributed by atoms with Gasteiger partial charge in [0.1, 0.15) is 18.3 Å². The number of carboxylic acids is 1. The maximum atomic E-state index is 12.3. The molecular weight excluding hydrogens is 498 g/mol. The van der Waals surface area contributed by atoms with E-state index < -0.39 is 66.7 Å². The van der Waals surface area contributed by atoms with Gasteiger partial charge >= 0.3 is 11.9 Å². The van der Waals surface area contributed by atoms with Gasteiger partial charge in [0.25, 0.3) is 0 Å². The number of aromatic nitrogens is 1. The first kappa shape index (κ1) is 28.1. The van der Waals surface area contributed by atoms with Gasteiger partial charge in [-0.3, -0.25) is 4.79 Å². The van der Waals surface area contributed by atoms with Crippen LogP contribution in [-0.4, -0.2) is 82.4 Å². The molecule has 0 radical (unpaired) electrons. The van der Waals surface area contributed by atoms with Crippen molar-refractivity contribution >= 4 is 24.3 Å². The number of aliphatic hydroxyl groups is 3. The Kier molecular flexibility index (Phi) is 8.15. The predicted octanol–water partition coefficient (Wildman–Crippen LogP) is -0.725. The molecule has 8 atom stereocenters. The van der Waals surface area contributed by atoms with Crippen molar-refractivity contribution in [2.45, 2.75) is 68.9 Å². The molecule has 1 fully saturated rings. The molecule has 0 saturated carbocycles. The fraction of sp³-hybridized carbons (Fsp3) is 0.556. The van der Waals surface area contributed by atoms with E-state index in [0.29, 0.717) is 10.6 Å². The molecule has 1 aromatic heterocycles. The van der Waals surface area contributed by atoms with Crippen LogP contribution in [0.2, 0.25) is 0 Å². The quantitative estimate of drug-likeness (QED) is 0.246. The summed E-state index contributed by atoms with van der Waals surface area (Å²) in [6.45, 7) is 7.23. The summed E-state index contributed by atoms with van der Waals surface area (Å²) in [5.74, 6) is -3.02. The second-order valence-electron chi connectivity index (χ2n) is 10.1. The Bertz CT molecular complexity index is 1210. The average molecular weight is 533 g/mol. The number of carbonyl (C=O) groups excluding carboxylic acids is 1. The van der Waals surface area contributed by atoms with Gasteiger partial charge in [0, 0.05) is 17.4 Å². The first-order valence-electron chi connectivity index (χ1n) is 12.5. The maximum absolute atomic E-state index is 12.3. The Morgan fingerprint density at radius 3 is 2.68 bits per heavy atom. The largest absolute Gasteiger partial charge is 0.658 e. The fourth-order valence-corrected chi connectivity index (χ4v) is 5.43. The van der Waals surface area contributed by atoms with Crippen molar-refractivity contribution in [3.8, 4) is 0 Å². The minimum absolute atomic E-state index is 0.162. The highest BCUT2D eigenvalue weighted by molar-refractivity contribution is 5.90. The number of ether oxygens (including phenoxy) is 4. The molecule has 1 aromatic rings. The van der Waals surface area contributed by atoms with Crippen molar-refractivity contribution in [3.05, 3.63) is 46.6 Å². The van der Waals surface area contributed by atoms with E-state index in [9.17, 15) is 30.0 Å². The number of carbonyl (C=O) groups is 2. The molecule has 3 heterocycles. The normalized spacial score (nSPS) is 34.4. The standard InChI is InChI=1S/C27H34NO10/c1-5-15-17(9-22(30)31)16(25(34)35-4)6-7-20(15)37-26-23(32)24(33)27(21(11-29)38-26)10-14-8-18(13(2)3)28-19(14)12-36-27/h5-6,8,10,12-13,15,17,20-21,23-24,26,29,32-33H,1,7,9,11H2,2-4H3,(H,30,31)/q-1/t15-,17+,20-,21-,23-,24-,26-,27-/m1/s1. The molecule has 0 aromatic carbocycles. The van der Waals surface area contributed by atoms with E-state index in [1.54, 1.807) is 12.2 Å². The van der Waals surface area contributed by atoms with E-state index in [-0.39, 0.29) is 24.3 Å². The van der Waals surface area contributed by atoms with Crippen molar-refractivity contribution in [2.24, 2.45) is 11.8 Å². The fourth-order valence-electron chi connectivity index (χ4n) is 5.43. The summed E-state index contributed by atoms with van der Waals surface area (Å²) in [5.41, 5.74) is -0.559. The third-order valence-corrected chi connectivity index (χ3v) is 7.49. The van der Waals surface area contributed by atoms with Gasteiger partial charge in [-0.05, 0) is 23.6 Å². The summed E-state index contributed by atoms with van der Waals surface area (Å²) in [7, 11) is 1.21. The van der Waals surface area contributed by atoms with Crippen LogP contribution in [0.4, 0.5) is 0 Å². The highest BCUT2D eigenvalue weighted by atomic mass is 16.7. The summed E-state index contributed by atoms with van der Waals surface area (Å²) in [5, 5.41) is 43.2. The molecule has 11 nitrogen and oxygen atoms in total. The Morgan fingerprint density at radius 2 is 2.08 bits per heavy atom. The molecule has 3 aliphatic rings. The summed E-state index contributed by atoms with van der Waals surface area (Å²) in [6, 6.07) is 1.86. The molecule has 2 aliphatic heterocycles. The van der Waals surface area contributed by atoms with E-state index in [1.807, 2.05) is 19.9 Å². The third kappa shape index (κ3) is 4.92. The highest BCUT2D eigenvalue weighted by Crippen LogP contribution is 2.40. The molecule has 0 bridgehead atoms.